The fourth-order valence-corrected chi connectivity index (χ4v) is 2.52. The Morgan fingerprint density at radius 3 is 2.41 bits per heavy atom. The molecule has 0 heterocycles. The van der Waals surface area contributed by atoms with Crippen molar-refractivity contribution in [1.29, 1.82) is 0 Å². The van der Waals surface area contributed by atoms with Gasteiger partial charge in [0.25, 0.3) is 0 Å². The molecule has 1 aromatic carbocycles. The van der Waals surface area contributed by atoms with E-state index in [4.69, 9.17) is 10.9 Å². The maximum absolute atomic E-state index is 12.6. The van der Waals surface area contributed by atoms with Gasteiger partial charge in [-0.2, -0.15) is 0 Å². The molecule has 0 spiro atoms. The first-order valence-corrected chi connectivity index (χ1v) is 5.86. The number of halogens is 1. The third kappa shape index (κ3) is 2.12. The van der Waals surface area contributed by atoms with Crippen LogP contribution in [0.1, 0.15) is 36.8 Å². The zero-order chi connectivity index (χ0) is 12.3. The fraction of sp³-hybridized carbons (Fsp3) is 0.462. The van der Waals surface area contributed by atoms with E-state index < -0.39 is 0 Å². The molecule has 1 fully saturated rings. The maximum atomic E-state index is 12.6. The largest absolute Gasteiger partial charge is 0.409 e. The first-order chi connectivity index (χ1) is 8.22. The van der Waals surface area contributed by atoms with Crippen LogP contribution in [0.5, 0.6) is 0 Å². The molecule has 2 rings (SSSR count). The van der Waals surface area contributed by atoms with E-state index in [2.05, 4.69) is 5.16 Å². The summed E-state index contributed by atoms with van der Waals surface area (Å²) in [6, 6.07) is 7.57. The Balaban J connectivity index is 2.22. The topological polar surface area (TPSA) is 58.6 Å². The first-order valence-electron chi connectivity index (χ1n) is 5.86. The fourth-order valence-electron chi connectivity index (χ4n) is 2.52. The highest BCUT2D eigenvalue weighted by Gasteiger charge is 2.37. The predicted molar refractivity (Wildman–Crippen MR) is 65.1 cm³/mol. The Kier molecular flexibility index (Phi) is 3.31. The third-order valence-corrected chi connectivity index (χ3v) is 3.78. The average Bonchev–Trinajstić information content (AvgIpc) is 2.33. The van der Waals surface area contributed by atoms with E-state index in [-0.39, 0.29) is 17.9 Å². The van der Waals surface area contributed by atoms with E-state index >= 15 is 0 Å². The van der Waals surface area contributed by atoms with Crippen LogP contribution in [-0.2, 0) is 5.41 Å². The van der Waals surface area contributed by atoms with Gasteiger partial charge in [-0.05, 0) is 30.2 Å². The monoisotopic (exact) mass is 236 g/mol. The van der Waals surface area contributed by atoms with Crippen LogP contribution in [0, 0.1) is 0 Å². The van der Waals surface area contributed by atoms with E-state index in [1.54, 1.807) is 0 Å². The highest BCUT2D eigenvalue weighted by atomic mass is 19.1. The predicted octanol–water partition coefficient (Wildman–Crippen LogP) is 2.56. The van der Waals surface area contributed by atoms with E-state index in [0.717, 1.165) is 18.4 Å². The van der Waals surface area contributed by atoms with Gasteiger partial charge in [-0.3, -0.25) is 4.39 Å². The Morgan fingerprint density at radius 2 is 2.00 bits per heavy atom. The number of alkyl halides is 1. The van der Waals surface area contributed by atoms with Gasteiger partial charge in [0.15, 0.2) is 5.84 Å². The smallest absolute Gasteiger partial charge is 0.170 e. The van der Waals surface area contributed by atoms with Crippen molar-refractivity contribution in [2.75, 3.05) is 6.67 Å². The van der Waals surface area contributed by atoms with Crippen molar-refractivity contribution in [1.82, 2.24) is 0 Å². The quantitative estimate of drug-likeness (QED) is 0.365. The van der Waals surface area contributed by atoms with Gasteiger partial charge in [0.1, 0.15) is 0 Å². The molecule has 0 aliphatic heterocycles. The van der Waals surface area contributed by atoms with Crippen molar-refractivity contribution in [3.8, 4) is 0 Å². The van der Waals surface area contributed by atoms with Gasteiger partial charge >= 0.3 is 0 Å². The van der Waals surface area contributed by atoms with Crippen LogP contribution in [0.15, 0.2) is 29.4 Å². The van der Waals surface area contributed by atoms with Crippen LogP contribution in [0.3, 0.4) is 0 Å². The Hall–Kier alpha value is -1.58. The molecule has 17 heavy (non-hydrogen) atoms. The Bertz CT molecular complexity index is 410. The minimum Gasteiger partial charge on any atom is -0.409 e. The highest BCUT2D eigenvalue weighted by molar-refractivity contribution is 5.96. The summed E-state index contributed by atoms with van der Waals surface area (Å²) in [5, 5.41) is 11.5. The van der Waals surface area contributed by atoms with Crippen molar-refractivity contribution in [2.45, 2.75) is 31.1 Å². The molecule has 92 valence electrons. The number of nitrogens with two attached hydrogens (primary N) is 1. The molecule has 1 aliphatic carbocycles. The summed E-state index contributed by atoms with van der Waals surface area (Å²) in [5.74, 6) is 0.102. The molecule has 1 saturated carbocycles. The molecular weight excluding hydrogens is 219 g/mol. The van der Waals surface area contributed by atoms with E-state index in [1.165, 1.54) is 6.42 Å². The van der Waals surface area contributed by atoms with Gasteiger partial charge in [-0.1, -0.05) is 35.8 Å². The lowest BCUT2D eigenvalue weighted by Crippen LogP contribution is -2.34. The molecule has 1 aromatic rings. The van der Waals surface area contributed by atoms with Crippen LogP contribution in [-0.4, -0.2) is 17.7 Å². The summed E-state index contributed by atoms with van der Waals surface area (Å²) >= 11 is 0. The molecular formula is C13H17FN2O. The Morgan fingerprint density at radius 1 is 1.35 bits per heavy atom. The third-order valence-electron chi connectivity index (χ3n) is 3.78. The lowest BCUT2D eigenvalue weighted by molar-refractivity contribution is 0.205. The molecule has 0 saturated heterocycles. The van der Waals surface area contributed by atoms with Gasteiger partial charge < -0.3 is 10.9 Å². The van der Waals surface area contributed by atoms with Crippen molar-refractivity contribution < 1.29 is 9.60 Å². The molecule has 0 aromatic heterocycles. The number of benzene rings is 1. The van der Waals surface area contributed by atoms with Crippen molar-refractivity contribution in [3.05, 3.63) is 35.4 Å². The van der Waals surface area contributed by atoms with Crippen molar-refractivity contribution >= 4 is 5.84 Å². The molecule has 3 N–H and O–H groups in total. The van der Waals surface area contributed by atoms with Crippen LogP contribution < -0.4 is 5.73 Å². The van der Waals surface area contributed by atoms with Crippen molar-refractivity contribution in [3.63, 3.8) is 0 Å². The maximum Gasteiger partial charge on any atom is 0.170 e. The van der Waals surface area contributed by atoms with E-state index in [1.807, 2.05) is 24.3 Å². The summed E-state index contributed by atoms with van der Waals surface area (Å²) in [4.78, 5) is 0. The number of oxime groups is 1. The number of nitrogens with zero attached hydrogens (tertiary/aromatic N) is 1. The second-order valence-corrected chi connectivity index (χ2v) is 4.64. The van der Waals surface area contributed by atoms with Gasteiger partial charge in [0.2, 0.25) is 0 Å². The normalized spacial score (nSPS) is 18.8. The first kappa shape index (κ1) is 11.9. The van der Waals surface area contributed by atoms with Gasteiger partial charge in [0.05, 0.1) is 6.67 Å². The lowest BCUT2D eigenvalue weighted by Gasteiger charge is -2.42. The summed E-state index contributed by atoms with van der Waals surface area (Å²) in [6.07, 6.45) is 3.87. The molecule has 4 heteroatoms. The number of hydrogen-bond donors (Lipinski definition) is 2. The lowest BCUT2D eigenvalue weighted by atomic mass is 9.63. The second-order valence-electron chi connectivity index (χ2n) is 4.64. The highest BCUT2D eigenvalue weighted by Crippen LogP contribution is 2.46. The standard InChI is InChI=1S/C13H17FN2O/c14-9-8-13(6-1-7-13)11-4-2-10(3-5-11)12(15)16-17/h2-5,17H,1,6-9H2,(H2,15,16). The van der Waals surface area contributed by atoms with E-state index in [0.29, 0.717) is 12.0 Å². The van der Waals surface area contributed by atoms with Crippen LogP contribution in [0.25, 0.3) is 0 Å². The summed E-state index contributed by atoms with van der Waals surface area (Å²) in [6.45, 7) is -0.276. The minimum atomic E-state index is -0.276. The number of hydrogen-bond acceptors (Lipinski definition) is 2. The summed E-state index contributed by atoms with van der Waals surface area (Å²) in [5.41, 5.74) is 7.37. The van der Waals surface area contributed by atoms with E-state index in [9.17, 15) is 4.39 Å². The van der Waals surface area contributed by atoms with Gasteiger partial charge in [0, 0.05) is 5.56 Å². The second kappa shape index (κ2) is 4.73. The average molecular weight is 236 g/mol. The zero-order valence-corrected chi connectivity index (χ0v) is 9.69. The van der Waals surface area contributed by atoms with Crippen LogP contribution in [0.4, 0.5) is 4.39 Å². The van der Waals surface area contributed by atoms with Crippen LogP contribution >= 0.6 is 0 Å². The number of amidine groups is 1. The molecule has 0 unspecified atom stereocenters. The molecule has 0 atom stereocenters. The molecule has 1 aliphatic rings. The molecule has 0 radical (unpaired) electrons. The number of rotatable bonds is 4. The molecule has 3 nitrogen and oxygen atoms in total. The van der Waals surface area contributed by atoms with Crippen molar-refractivity contribution in [2.24, 2.45) is 10.9 Å². The summed E-state index contributed by atoms with van der Waals surface area (Å²) < 4.78 is 12.6. The SMILES string of the molecule is NC(=NO)c1ccc(C2(CCF)CCC2)cc1. The van der Waals surface area contributed by atoms with Gasteiger partial charge in [-0.25, -0.2) is 0 Å². The minimum absolute atomic E-state index is 0.0262. The molecule has 0 bridgehead atoms. The van der Waals surface area contributed by atoms with Crippen LogP contribution in [0.2, 0.25) is 0 Å². The molecule has 0 amide bonds. The summed E-state index contributed by atoms with van der Waals surface area (Å²) in [7, 11) is 0. The zero-order valence-electron chi connectivity index (χ0n) is 9.69. The Labute approximate surface area is 100 Å². The van der Waals surface area contributed by atoms with Gasteiger partial charge in [-0.15, -0.1) is 0 Å².